The topological polar surface area (TPSA) is 59.3 Å². The molecule has 29 heavy (non-hydrogen) atoms. The van der Waals surface area contributed by atoms with Crippen LogP contribution in [0.25, 0.3) is 11.3 Å². The Balaban J connectivity index is 0.00000240. The monoisotopic (exact) mass is 414 g/mol. The van der Waals surface area contributed by atoms with E-state index in [-0.39, 0.29) is 12.4 Å². The molecule has 2 aromatic heterocycles. The van der Waals surface area contributed by atoms with E-state index in [1.54, 1.807) is 19.5 Å². The fourth-order valence-corrected chi connectivity index (χ4v) is 3.55. The molecule has 0 amide bonds. The van der Waals surface area contributed by atoms with Crippen LogP contribution in [0, 0.1) is 0 Å². The molecule has 4 rings (SSSR count). The lowest BCUT2D eigenvalue weighted by molar-refractivity contribution is 0.249. The van der Waals surface area contributed by atoms with Gasteiger partial charge in [-0.3, -0.25) is 14.6 Å². The highest BCUT2D eigenvalue weighted by Crippen LogP contribution is 2.28. The van der Waals surface area contributed by atoms with Crippen molar-refractivity contribution < 1.29 is 4.74 Å². The van der Waals surface area contributed by atoms with E-state index in [9.17, 15) is 0 Å². The first kappa shape index (κ1) is 21.1. The maximum atomic E-state index is 5.26. The number of aromatic nitrogens is 4. The molecule has 154 valence electrons. The summed E-state index contributed by atoms with van der Waals surface area (Å²) in [5.74, 6) is 1.79. The summed E-state index contributed by atoms with van der Waals surface area (Å²) in [6.45, 7) is 7.82. The lowest BCUT2D eigenvalue weighted by Gasteiger charge is -2.35. The van der Waals surface area contributed by atoms with Crippen LogP contribution < -0.4 is 9.64 Å². The highest BCUT2D eigenvalue weighted by molar-refractivity contribution is 5.85. The van der Waals surface area contributed by atoms with Crippen LogP contribution in [0.15, 0.2) is 49.1 Å². The number of piperazine rings is 1. The van der Waals surface area contributed by atoms with Crippen LogP contribution in [0.5, 0.6) is 5.75 Å². The van der Waals surface area contributed by atoms with Crippen molar-refractivity contribution in [3.63, 3.8) is 0 Å². The van der Waals surface area contributed by atoms with Gasteiger partial charge >= 0.3 is 0 Å². The van der Waals surface area contributed by atoms with E-state index >= 15 is 0 Å². The van der Waals surface area contributed by atoms with Gasteiger partial charge in [0.2, 0.25) is 0 Å². The average molecular weight is 415 g/mol. The lowest BCUT2D eigenvalue weighted by Crippen LogP contribution is -2.46. The first-order valence-corrected chi connectivity index (χ1v) is 9.71. The van der Waals surface area contributed by atoms with Crippen molar-refractivity contribution in [2.45, 2.75) is 20.0 Å². The zero-order valence-corrected chi connectivity index (χ0v) is 17.7. The Morgan fingerprint density at radius 1 is 1.00 bits per heavy atom. The van der Waals surface area contributed by atoms with Crippen molar-refractivity contribution in [1.29, 1.82) is 0 Å². The summed E-state index contributed by atoms with van der Waals surface area (Å²) >= 11 is 0. The quantitative estimate of drug-likeness (QED) is 0.617. The number of halogens is 1. The van der Waals surface area contributed by atoms with Crippen LogP contribution in [0.4, 0.5) is 5.82 Å². The van der Waals surface area contributed by atoms with Crippen LogP contribution >= 0.6 is 12.4 Å². The van der Waals surface area contributed by atoms with Crippen molar-refractivity contribution in [3.05, 3.63) is 54.6 Å². The van der Waals surface area contributed by atoms with Gasteiger partial charge in [-0.1, -0.05) is 0 Å². The Morgan fingerprint density at radius 3 is 2.38 bits per heavy atom. The van der Waals surface area contributed by atoms with E-state index < -0.39 is 0 Å². The summed E-state index contributed by atoms with van der Waals surface area (Å²) in [5, 5.41) is 4.37. The van der Waals surface area contributed by atoms with Gasteiger partial charge in [-0.2, -0.15) is 5.10 Å². The van der Waals surface area contributed by atoms with Crippen LogP contribution in [-0.4, -0.2) is 57.9 Å². The largest absolute Gasteiger partial charge is 0.497 e. The van der Waals surface area contributed by atoms with Crippen molar-refractivity contribution in [2.75, 3.05) is 38.2 Å². The third-order valence-electron chi connectivity index (χ3n) is 5.13. The summed E-state index contributed by atoms with van der Waals surface area (Å²) < 4.78 is 7.24. The van der Waals surface area contributed by atoms with Gasteiger partial charge in [0, 0.05) is 69.0 Å². The first-order chi connectivity index (χ1) is 13.8. The van der Waals surface area contributed by atoms with Gasteiger partial charge < -0.3 is 9.64 Å². The van der Waals surface area contributed by atoms with E-state index in [0.29, 0.717) is 0 Å². The van der Waals surface area contributed by atoms with Crippen LogP contribution in [0.3, 0.4) is 0 Å². The SMILES string of the molecule is CCn1cc(CN2CCN(c3nccnc3-c3ccc(OC)cc3)CC2)cn1.Cl. The van der Waals surface area contributed by atoms with Gasteiger partial charge in [-0.05, 0) is 31.2 Å². The zero-order valence-electron chi connectivity index (χ0n) is 16.9. The molecule has 0 aliphatic carbocycles. The fourth-order valence-electron chi connectivity index (χ4n) is 3.55. The number of hydrogen-bond acceptors (Lipinski definition) is 6. The Labute approximate surface area is 177 Å². The summed E-state index contributed by atoms with van der Waals surface area (Å²) in [7, 11) is 1.68. The van der Waals surface area contributed by atoms with Gasteiger partial charge in [0.1, 0.15) is 11.4 Å². The molecule has 8 heteroatoms. The third-order valence-corrected chi connectivity index (χ3v) is 5.13. The second kappa shape index (κ2) is 9.71. The molecule has 1 saturated heterocycles. The number of nitrogens with zero attached hydrogens (tertiary/aromatic N) is 6. The Hall–Kier alpha value is -2.64. The van der Waals surface area contributed by atoms with E-state index in [4.69, 9.17) is 4.74 Å². The molecule has 0 spiro atoms. The Bertz CT molecular complexity index is 906. The average Bonchev–Trinajstić information content (AvgIpc) is 3.22. The lowest BCUT2D eigenvalue weighted by atomic mass is 10.1. The molecule has 0 saturated carbocycles. The van der Waals surface area contributed by atoms with Crippen molar-refractivity contribution in [3.8, 4) is 17.0 Å². The molecule has 0 N–H and O–H groups in total. The van der Waals surface area contributed by atoms with Gasteiger partial charge in [0.05, 0.1) is 13.3 Å². The number of methoxy groups -OCH3 is 1. The van der Waals surface area contributed by atoms with E-state index in [1.165, 1.54) is 5.56 Å². The molecule has 1 aliphatic heterocycles. The Morgan fingerprint density at radius 2 is 1.72 bits per heavy atom. The Kier molecular flexibility index (Phi) is 7.06. The summed E-state index contributed by atoms with van der Waals surface area (Å²) in [5.41, 5.74) is 3.25. The summed E-state index contributed by atoms with van der Waals surface area (Å²) in [6.07, 6.45) is 7.63. The predicted octanol–water partition coefficient (Wildman–Crippen LogP) is 3.11. The van der Waals surface area contributed by atoms with Crippen molar-refractivity contribution in [1.82, 2.24) is 24.6 Å². The molecule has 1 aliphatic rings. The van der Waals surface area contributed by atoms with Gasteiger partial charge in [0.25, 0.3) is 0 Å². The second-order valence-electron chi connectivity index (χ2n) is 6.92. The normalized spacial score (nSPS) is 14.5. The van der Waals surface area contributed by atoms with Crippen LogP contribution in [0.1, 0.15) is 12.5 Å². The third kappa shape index (κ3) is 4.86. The highest BCUT2D eigenvalue weighted by atomic mass is 35.5. The van der Waals surface area contributed by atoms with E-state index in [2.05, 4.69) is 38.0 Å². The minimum Gasteiger partial charge on any atom is -0.497 e. The minimum atomic E-state index is 0. The molecule has 3 heterocycles. The molecule has 1 aromatic carbocycles. The van der Waals surface area contributed by atoms with Gasteiger partial charge in [-0.15, -0.1) is 12.4 Å². The van der Waals surface area contributed by atoms with E-state index in [0.717, 1.165) is 62.1 Å². The standard InChI is InChI=1S/C21H26N6O.ClH/c1-3-27-16-17(14-24-27)15-25-10-12-26(13-11-25)21-20(22-8-9-23-21)18-4-6-19(28-2)7-5-18;/h4-9,14,16H,3,10-13,15H2,1-2H3;1H. The maximum absolute atomic E-state index is 5.26. The first-order valence-electron chi connectivity index (χ1n) is 9.71. The highest BCUT2D eigenvalue weighted by Gasteiger charge is 2.21. The predicted molar refractivity (Wildman–Crippen MR) is 117 cm³/mol. The second-order valence-corrected chi connectivity index (χ2v) is 6.92. The molecule has 0 radical (unpaired) electrons. The smallest absolute Gasteiger partial charge is 0.155 e. The summed E-state index contributed by atoms with van der Waals surface area (Å²) in [6, 6.07) is 7.99. The molecule has 0 atom stereocenters. The van der Waals surface area contributed by atoms with Crippen LogP contribution in [-0.2, 0) is 13.1 Å². The van der Waals surface area contributed by atoms with Gasteiger partial charge in [0.15, 0.2) is 5.82 Å². The van der Waals surface area contributed by atoms with E-state index in [1.807, 2.05) is 35.1 Å². The van der Waals surface area contributed by atoms with Crippen molar-refractivity contribution >= 4 is 18.2 Å². The number of rotatable bonds is 6. The number of hydrogen-bond donors (Lipinski definition) is 0. The molecular formula is C21H27ClN6O. The van der Waals surface area contributed by atoms with Gasteiger partial charge in [-0.25, -0.2) is 4.98 Å². The van der Waals surface area contributed by atoms with Crippen LogP contribution in [0.2, 0.25) is 0 Å². The molecule has 3 aromatic rings. The van der Waals surface area contributed by atoms with Crippen molar-refractivity contribution in [2.24, 2.45) is 0 Å². The zero-order chi connectivity index (χ0) is 19.3. The minimum absolute atomic E-state index is 0. The molecular weight excluding hydrogens is 388 g/mol. The number of ether oxygens (including phenoxy) is 1. The number of benzene rings is 1. The number of anilines is 1. The summed E-state index contributed by atoms with van der Waals surface area (Å²) in [4.78, 5) is 14.1. The molecule has 0 unspecified atom stereocenters. The maximum Gasteiger partial charge on any atom is 0.155 e. The molecule has 7 nitrogen and oxygen atoms in total. The fraction of sp³-hybridized carbons (Fsp3) is 0.381. The molecule has 0 bridgehead atoms. The number of aryl methyl sites for hydroxylation is 1. The molecule has 1 fully saturated rings.